The molecule has 0 saturated heterocycles. The average molecular weight is 375 g/mol. The van der Waals surface area contributed by atoms with Crippen molar-refractivity contribution < 1.29 is 14.6 Å². The highest BCUT2D eigenvalue weighted by molar-refractivity contribution is 5.43. The molecule has 3 aromatic carbocycles. The number of aliphatic hydroxyl groups is 1. The molecule has 0 aliphatic heterocycles. The van der Waals surface area contributed by atoms with E-state index in [0.29, 0.717) is 25.3 Å². The Morgan fingerprint density at radius 1 is 0.929 bits per heavy atom. The SMILES string of the molecule is COc1ccc(CN[C@@H]2c3ccccc3C[C@@H]2O)cc1OCc1ccccc1. The molecule has 0 bridgehead atoms. The summed E-state index contributed by atoms with van der Waals surface area (Å²) in [4.78, 5) is 0. The zero-order chi connectivity index (χ0) is 19.3. The van der Waals surface area contributed by atoms with Gasteiger partial charge < -0.3 is 19.9 Å². The lowest BCUT2D eigenvalue weighted by Gasteiger charge is -2.19. The van der Waals surface area contributed by atoms with Gasteiger partial charge in [-0.3, -0.25) is 0 Å². The third-order valence-electron chi connectivity index (χ3n) is 5.20. The van der Waals surface area contributed by atoms with Crippen LogP contribution < -0.4 is 14.8 Å². The Morgan fingerprint density at radius 2 is 1.71 bits per heavy atom. The number of rotatable bonds is 7. The maximum Gasteiger partial charge on any atom is 0.161 e. The Bertz CT molecular complexity index is 926. The quantitative estimate of drug-likeness (QED) is 0.655. The van der Waals surface area contributed by atoms with E-state index >= 15 is 0 Å². The summed E-state index contributed by atoms with van der Waals surface area (Å²) in [5, 5.41) is 13.9. The van der Waals surface area contributed by atoms with Crippen molar-refractivity contribution in [3.8, 4) is 11.5 Å². The van der Waals surface area contributed by atoms with Crippen LogP contribution in [0.1, 0.15) is 28.3 Å². The Balaban J connectivity index is 1.45. The van der Waals surface area contributed by atoms with Crippen molar-refractivity contribution in [2.45, 2.75) is 31.7 Å². The van der Waals surface area contributed by atoms with Gasteiger partial charge in [-0.05, 0) is 34.4 Å². The minimum atomic E-state index is -0.399. The van der Waals surface area contributed by atoms with E-state index in [4.69, 9.17) is 9.47 Å². The van der Waals surface area contributed by atoms with Gasteiger partial charge in [0.2, 0.25) is 0 Å². The third kappa shape index (κ3) is 4.03. The molecule has 0 aromatic heterocycles. The standard InChI is InChI=1S/C24H25NO3/c1-27-22-12-11-18(13-23(22)28-16-17-7-3-2-4-8-17)15-25-24-20-10-6-5-9-19(20)14-21(24)26/h2-13,21,24-26H,14-16H2,1H3/t21-,24+/m0/s1. The molecule has 28 heavy (non-hydrogen) atoms. The average Bonchev–Trinajstić information content (AvgIpc) is 3.06. The highest BCUT2D eigenvalue weighted by Crippen LogP contribution is 2.32. The molecule has 0 radical (unpaired) electrons. The molecule has 0 saturated carbocycles. The Labute approximate surface area is 165 Å². The molecular weight excluding hydrogens is 350 g/mol. The van der Waals surface area contributed by atoms with E-state index in [9.17, 15) is 5.11 Å². The van der Waals surface area contributed by atoms with E-state index in [1.807, 2.05) is 60.7 Å². The highest BCUT2D eigenvalue weighted by Gasteiger charge is 2.30. The van der Waals surface area contributed by atoms with Crippen molar-refractivity contribution in [2.75, 3.05) is 7.11 Å². The third-order valence-corrected chi connectivity index (χ3v) is 5.20. The lowest BCUT2D eigenvalue weighted by Crippen LogP contribution is -2.28. The molecule has 2 N–H and O–H groups in total. The van der Waals surface area contributed by atoms with E-state index in [2.05, 4.69) is 17.4 Å². The maximum absolute atomic E-state index is 10.4. The molecule has 0 fully saturated rings. The number of hydrogen-bond acceptors (Lipinski definition) is 4. The predicted octanol–water partition coefficient (Wildman–Crippen LogP) is 4.02. The second-order valence-corrected chi connectivity index (χ2v) is 7.09. The van der Waals surface area contributed by atoms with Crippen LogP contribution >= 0.6 is 0 Å². The zero-order valence-electron chi connectivity index (χ0n) is 16.0. The fourth-order valence-electron chi connectivity index (χ4n) is 3.73. The summed E-state index contributed by atoms with van der Waals surface area (Å²) >= 11 is 0. The fourth-order valence-corrected chi connectivity index (χ4v) is 3.73. The van der Waals surface area contributed by atoms with Crippen molar-refractivity contribution in [2.24, 2.45) is 0 Å². The molecule has 0 unspecified atom stereocenters. The molecule has 1 aliphatic carbocycles. The van der Waals surface area contributed by atoms with Crippen LogP contribution in [0.5, 0.6) is 11.5 Å². The minimum absolute atomic E-state index is 0.0491. The number of hydrogen-bond donors (Lipinski definition) is 2. The van der Waals surface area contributed by atoms with Crippen LogP contribution in [-0.2, 0) is 19.6 Å². The zero-order valence-corrected chi connectivity index (χ0v) is 16.0. The Kier molecular flexibility index (Phi) is 5.60. The molecule has 3 aromatic rings. The lowest BCUT2D eigenvalue weighted by molar-refractivity contribution is 0.140. The first kappa shape index (κ1) is 18.5. The normalized spacial score (nSPS) is 17.9. The molecular formula is C24H25NO3. The van der Waals surface area contributed by atoms with Crippen molar-refractivity contribution in [3.05, 3.63) is 95.1 Å². The molecule has 0 amide bonds. The fraction of sp³-hybridized carbons (Fsp3) is 0.250. The van der Waals surface area contributed by atoms with Gasteiger partial charge in [0.25, 0.3) is 0 Å². The summed E-state index contributed by atoms with van der Waals surface area (Å²) in [5.74, 6) is 1.43. The summed E-state index contributed by atoms with van der Waals surface area (Å²) in [5.41, 5.74) is 4.59. The number of ether oxygens (including phenoxy) is 2. The largest absolute Gasteiger partial charge is 0.493 e. The molecule has 4 heteroatoms. The van der Waals surface area contributed by atoms with Gasteiger partial charge in [-0.1, -0.05) is 60.7 Å². The maximum atomic E-state index is 10.4. The summed E-state index contributed by atoms with van der Waals surface area (Å²) in [6.45, 7) is 1.13. The van der Waals surface area contributed by atoms with Crippen molar-refractivity contribution in [1.82, 2.24) is 5.32 Å². The van der Waals surface area contributed by atoms with Crippen LogP contribution in [0.3, 0.4) is 0 Å². The van der Waals surface area contributed by atoms with Gasteiger partial charge in [0.15, 0.2) is 11.5 Å². The van der Waals surface area contributed by atoms with Gasteiger partial charge in [0, 0.05) is 13.0 Å². The number of aliphatic hydroxyl groups excluding tert-OH is 1. The van der Waals surface area contributed by atoms with Crippen LogP contribution in [0.15, 0.2) is 72.8 Å². The first-order valence-corrected chi connectivity index (χ1v) is 9.57. The predicted molar refractivity (Wildman–Crippen MR) is 110 cm³/mol. The van der Waals surface area contributed by atoms with E-state index in [0.717, 1.165) is 16.9 Å². The smallest absolute Gasteiger partial charge is 0.161 e. The lowest BCUT2D eigenvalue weighted by atomic mass is 10.1. The van der Waals surface area contributed by atoms with Gasteiger partial charge in [0.05, 0.1) is 19.3 Å². The Hall–Kier alpha value is -2.82. The summed E-state index contributed by atoms with van der Waals surface area (Å²) < 4.78 is 11.4. The van der Waals surface area contributed by atoms with Gasteiger partial charge >= 0.3 is 0 Å². The first-order chi connectivity index (χ1) is 13.7. The topological polar surface area (TPSA) is 50.7 Å². The van der Waals surface area contributed by atoms with Gasteiger partial charge in [-0.2, -0.15) is 0 Å². The molecule has 2 atom stereocenters. The number of benzene rings is 3. The van der Waals surface area contributed by atoms with Gasteiger partial charge in [0.1, 0.15) is 6.61 Å². The van der Waals surface area contributed by atoms with E-state index in [1.54, 1.807) is 7.11 Å². The molecule has 4 rings (SSSR count). The van der Waals surface area contributed by atoms with E-state index in [-0.39, 0.29) is 6.04 Å². The summed E-state index contributed by atoms with van der Waals surface area (Å²) in [7, 11) is 1.65. The highest BCUT2D eigenvalue weighted by atomic mass is 16.5. The molecule has 4 nitrogen and oxygen atoms in total. The number of fused-ring (bicyclic) bond motifs is 1. The van der Waals surface area contributed by atoms with Crippen LogP contribution in [0.4, 0.5) is 0 Å². The van der Waals surface area contributed by atoms with E-state index in [1.165, 1.54) is 11.1 Å². The minimum Gasteiger partial charge on any atom is -0.493 e. The summed E-state index contributed by atoms with van der Waals surface area (Å²) in [6, 6.07) is 24.2. The first-order valence-electron chi connectivity index (χ1n) is 9.57. The van der Waals surface area contributed by atoms with Crippen LogP contribution in [0.25, 0.3) is 0 Å². The van der Waals surface area contributed by atoms with Crippen molar-refractivity contribution >= 4 is 0 Å². The second-order valence-electron chi connectivity index (χ2n) is 7.09. The molecule has 1 aliphatic rings. The second kappa shape index (κ2) is 8.46. The van der Waals surface area contributed by atoms with E-state index < -0.39 is 6.10 Å². The molecule has 0 heterocycles. The van der Waals surface area contributed by atoms with Crippen LogP contribution in [-0.4, -0.2) is 18.3 Å². The number of methoxy groups -OCH3 is 1. The van der Waals surface area contributed by atoms with Crippen molar-refractivity contribution in [1.29, 1.82) is 0 Å². The number of nitrogens with one attached hydrogen (secondary N) is 1. The van der Waals surface area contributed by atoms with Gasteiger partial charge in [-0.25, -0.2) is 0 Å². The molecule has 144 valence electrons. The molecule has 0 spiro atoms. The monoisotopic (exact) mass is 375 g/mol. The van der Waals surface area contributed by atoms with Crippen LogP contribution in [0.2, 0.25) is 0 Å². The van der Waals surface area contributed by atoms with Crippen LogP contribution in [0, 0.1) is 0 Å². The Morgan fingerprint density at radius 3 is 2.54 bits per heavy atom. The van der Waals surface area contributed by atoms with Gasteiger partial charge in [-0.15, -0.1) is 0 Å². The van der Waals surface area contributed by atoms with Crippen molar-refractivity contribution in [3.63, 3.8) is 0 Å². The summed E-state index contributed by atoms with van der Waals surface area (Å²) in [6.07, 6.45) is 0.298.